The lowest BCUT2D eigenvalue weighted by Gasteiger charge is -2.12. The molecule has 1 N–H and O–H groups in total. The van der Waals surface area contributed by atoms with Crippen LogP contribution >= 0.6 is 0 Å². The number of amides is 1. The van der Waals surface area contributed by atoms with Gasteiger partial charge in [0.1, 0.15) is 12.4 Å². The van der Waals surface area contributed by atoms with Gasteiger partial charge in [0.05, 0.1) is 19.8 Å². The van der Waals surface area contributed by atoms with E-state index in [4.69, 9.17) is 18.9 Å². The van der Waals surface area contributed by atoms with Crippen molar-refractivity contribution in [1.29, 1.82) is 0 Å². The van der Waals surface area contributed by atoms with E-state index in [1.54, 1.807) is 19.2 Å². The average molecular weight is 385 g/mol. The molecule has 0 bridgehead atoms. The molecule has 0 saturated carbocycles. The minimum atomic E-state index is -0.140. The van der Waals surface area contributed by atoms with Crippen LogP contribution in [0.2, 0.25) is 0 Å². The van der Waals surface area contributed by atoms with Crippen molar-refractivity contribution >= 4 is 5.91 Å². The molecule has 6 nitrogen and oxygen atoms in total. The highest BCUT2D eigenvalue weighted by molar-refractivity contribution is 5.94. The van der Waals surface area contributed by atoms with Crippen LogP contribution in [0.1, 0.15) is 35.7 Å². The summed E-state index contributed by atoms with van der Waals surface area (Å²) in [5, 5.41) is 2.92. The third-order valence-corrected chi connectivity index (χ3v) is 4.56. The Hall–Kier alpha value is -2.73. The van der Waals surface area contributed by atoms with Crippen molar-refractivity contribution < 1.29 is 23.7 Å². The number of carbonyl (C=O) groups excluding carboxylic acids is 1. The quantitative estimate of drug-likeness (QED) is 0.715. The van der Waals surface area contributed by atoms with Gasteiger partial charge in [-0.05, 0) is 61.7 Å². The van der Waals surface area contributed by atoms with E-state index in [9.17, 15) is 4.79 Å². The summed E-state index contributed by atoms with van der Waals surface area (Å²) in [4.78, 5) is 12.4. The molecule has 1 fully saturated rings. The van der Waals surface area contributed by atoms with Crippen LogP contribution in [0.4, 0.5) is 0 Å². The van der Waals surface area contributed by atoms with Gasteiger partial charge < -0.3 is 24.3 Å². The van der Waals surface area contributed by atoms with Crippen LogP contribution in [0.3, 0.4) is 0 Å². The molecule has 2 aromatic rings. The van der Waals surface area contributed by atoms with Gasteiger partial charge in [0.25, 0.3) is 5.91 Å². The average Bonchev–Trinajstić information content (AvgIpc) is 3.25. The van der Waals surface area contributed by atoms with Crippen LogP contribution < -0.4 is 19.5 Å². The predicted octanol–water partition coefficient (Wildman–Crippen LogP) is 3.58. The lowest BCUT2D eigenvalue weighted by Crippen LogP contribution is -2.22. The second-order valence-corrected chi connectivity index (χ2v) is 6.57. The molecule has 0 radical (unpaired) electrons. The van der Waals surface area contributed by atoms with E-state index in [2.05, 4.69) is 5.32 Å². The second kappa shape index (κ2) is 9.99. The van der Waals surface area contributed by atoms with Gasteiger partial charge in [0.15, 0.2) is 11.5 Å². The fraction of sp³-hybridized carbons (Fsp3) is 0.409. The van der Waals surface area contributed by atoms with Crippen LogP contribution in [0.5, 0.6) is 17.2 Å². The molecule has 0 aromatic heterocycles. The first kappa shape index (κ1) is 20.0. The van der Waals surface area contributed by atoms with Crippen LogP contribution in [-0.2, 0) is 11.3 Å². The molecule has 1 aliphatic rings. The smallest absolute Gasteiger partial charge is 0.251 e. The molecule has 6 heteroatoms. The van der Waals surface area contributed by atoms with E-state index in [0.717, 1.165) is 30.8 Å². The van der Waals surface area contributed by atoms with Crippen molar-refractivity contribution in [3.63, 3.8) is 0 Å². The highest BCUT2D eigenvalue weighted by Gasteiger charge is 2.16. The molecular formula is C22H27NO5. The zero-order valence-corrected chi connectivity index (χ0v) is 16.4. The Morgan fingerprint density at radius 2 is 1.96 bits per heavy atom. The van der Waals surface area contributed by atoms with E-state index < -0.39 is 0 Å². The number of ether oxygens (including phenoxy) is 4. The summed E-state index contributed by atoms with van der Waals surface area (Å²) in [5.74, 6) is 1.95. The number of methoxy groups -OCH3 is 1. The monoisotopic (exact) mass is 385 g/mol. The van der Waals surface area contributed by atoms with Gasteiger partial charge in [0.2, 0.25) is 0 Å². The topological polar surface area (TPSA) is 66.0 Å². The molecule has 1 heterocycles. The molecule has 3 rings (SSSR count). The fourth-order valence-electron chi connectivity index (χ4n) is 3.05. The molecule has 2 aromatic carbocycles. The summed E-state index contributed by atoms with van der Waals surface area (Å²) >= 11 is 0. The van der Waals surface area contributed by atoms with E-state index in [-0.39, 0.29) is 12.0 Å². The standard InChI is InChI=1S/C22H27NO5/c1-3-26-20-11-6-16(13-21(20)25-2)14-23-22(24)17-7-9-18(10-8-17)28-15-19-5-4-12-27-19/h6-11,13,19H,3-5,12,14-15H2,1-2H3,(H,23,24). The Bertz CT molecular complexity index is 769. The van der Waals surface area contributed by atoms with Crippen molar-refractivity contribution in [3.8, 4) is 17.2 Å². The lowest BCUT2D eigenvalue weighted by molar-refractivity contribution is 0.0679. The van der Waals surface area contributed by atoms with Crippen molar-refractivity contribution in [2.75, 3.05) is 26.9 Å². The Morgan fingerprint density at radius 3 is 2.64 bits per heavy atom. The van der Waals surface area contributed by atoms with Crippen LogP contribution in [0.15, 0.2) is 42.5 Å². The molecule has 1 aliphatic heterocycles. The minimum Gasteiger partial charge on any atom is -0.493 e. The SMILES string of the molecule is CCOc1ccc(CNC(=O)c2ccc(OCC3CCCO3)cc2)cc1OC. The maximum absolute atomic E-state index is 12.4. The Morgan fingerprint density at radius 1 is 1.14 bits per heavy atom. The maximum Gasteiger partial charge on any atom is 0.251 e. The first-order chi connectivity index (χ1) is 13.7. The van der Waals surface area contributed by atoms with E-state index in [1.165, 1.54) is 0 Å². The van der Waals surface area contributed by atoms with E-state index in [1.807, 2.05) is 37.3 Å². The molecule has 1 unspecified atom stereocenters. The van der Waals surface area contributed by atoms with Crippen molar-refractivity contribution in [2.24, 2.45) is 0 Å². The number of carbonyl (C=O) groups is 1. The number of hydrogen-bond donors (Lipinski definition) is 1. The molecule has 0 aliphatic carbocycles. The fourth-order valence-corrected chi connectivity index (χ4v) is 3.05. The normalized spacial score (nSPS) is 15.9. The van der Waals surface area contributed by atoms with Crippen molar-refractivity contribution in [3.05, 3.63) is 53.6 Å². The molecule has 0 spiro atoms. The third kappa shape index (κ3) is 5.39. The zero-order chi connectivity index (χ0) is 19.8. The molecule has 1 atom stereocenters. The summed E-state index contributed by atoms with van der Waals surface area (Å²) < 4.78 is 22.1. The third-order valence-electron chi connectivity index (χ3n) is 4.56. The number of hydrogen-bond acceptors (Lipinski definition) is 5. The van der Waals surface area contributed by atoms with Gasteiger partial charge in [-0.25, -0.2) is 0 Å². The van der Waals surface area contributed by atoms with Gasteiger partial charge in [0, 0.05) is 18.7 Å². The zero-order valence-electron chi connectivity index (χ0n) is 16.4. The molecular weight excluding hydrogens is 358 g/mol. The Balaban J connectivity index is 1.51. The molecule has 150 valence electrons. The van der Waals surface area contributed by atoms with Crippen LogP contribution in [0, 0.1) is 0 Å². The maximum atomic E-state index is 12.4. The van der Waals surface area contributed by atoms with Gasteiger partial charge in [-0.15, -0.1) is 0 Å². The van der Waals surface area contributed by atoms with Crippen molar-refractivity contribution in [1.82, 2.24) is 5.32 Å². The summed E-state index contributed by atoms with van der Waals surface area (Å²) in [5.41, 5.74) is 1.52. The summed E-state index contributed by atoms with van der Waals surface area (Å²) in [6.07, 6.45) is 2.30. The van der Waals surface area contributed by atoms with Crippen molar-refractivity contribution in [2.45, 2.75) is 32.4 Å². The highest BCUT2D eigenvalue weighted by Crippen LogP contribution is 2.28. The Labute approximate surface area is 165 Å². The molecule has 28 heavy (non-hydrogen) atoms. The van der Waals surface area contributed by atoms with E-state index in [0.29, 0.717) is 36.8 Å². The predicted molar refractivity (Wildman–Crippen MR) is 106 cm³/mol. The molecule has 1 saturated heterocycles. The van der Waals surface area contributed by atoms with Gasteiger partial charge >= 0.3 is 0 Å². The van der Waals surface area contributed by atoms with Crippen LogP contribution in [0.25, 0.3) is 0 Å². The number of nitrogens with one attached hydrogen (secondary N) is 1. The largest absolute Gasteiger partial charge is 0.493 e. The second-order valence-electron chi connectivity index (χ2n) is 6.57. The lowest BCUT2D eigenvalue weighted by atomic mass is 10.1. The summed E-state index contributed by atoms with van der Waals surface area (Å²) in [6.45, 7) is 4.25. The first-order valence-corrected chi connectivity index (χ1v) is 9.62. The van der Waals surface area contributed by atoms with E-state index >= 15 is 0 Å². The van der Waals surface area contributed by atoms with Gasteiger partial charge in [-0.3, -0.25) is 4.79 Å². The highest BCUT2D eigenvalue weighted by atomic mass is 16.5. The summed E-state index contributed by atoms with van der Waals surface area (Å²) in [6, 6.07) is 12.8. The molecule has 1 amide bonds. The van der Waals surface area contributed by atoms with Crippen LogP contribution in [-0.4, -0.2) is 38.9 Å². The number of benzene rings is 2. The Kier molecular flexibility index (Phi) is 7.14. The van der Waals surface area contributed by atoms with Gasteiger partial charge in [-0.1, -0.05) is 6.07 Å². The first-order valence-electron chi connectivity index (χ1n) is 9.62. The summed E-state index contributed by atoms with van der Waals surface area (Å²) in [7, 11) is 1.60. The minimum absolute atomic E-state index is 0.140. The van der Waals surface area contributed by atoms with Gasteiger partial charge in [-0.2, -0.15) is 0 Å². The number of rotatable bonds is 9.